The minimum absolute atomic E-state index is 0.0511. The fraction of sp³-hybridized carbons (Fsp3) is 0.200. The third kappa shape index (κ3) is 4.55. The van der Waals surface area contributed by atoms with E-state index in [9.17, 15) is 9.59 Å². The monoisotopic (exact) mass is 418 g/mol. The first-order chi connectivity index (χ1) is 14.6. The van der Waals surface area contributed by atoms with Crippen LogP contribution in [-0.4, -0.2) is 24.9 Å². The summed E-state index contributed by atoms with van der Waals surface area (Å²) in [6, 6.07) is 26.8. The molecule has 0 aromatic heterocycles. The maximum atomic E-state index is 13.1. The zero-order chi connectivity index (χ0) is 20.9. The second kappa shape index (κ2) is 9.14. The lowest BCUT2D eigenvalue weighted by atomic mass is 9.90. The highest BCUT2D eigenvalue weighted by Gasteiger charge is 2.31. The number of carbonyl (C=O) groups excluding carboxylic acids is 2. The maximum Gasteiger partial charge on any atom is 0.232 e. The van der Waals surface area contributed by atoms with Gasteiger partial charge < -0.3 is 10.2 Å². The van der Waals surface area contributed by atoms with Crippen LogP contribution in [-0.2, 0) is 9.59 Å². The largest absolute Gasteiger partial charge is 0.355 e. The van der Waals surface area contributed by atoms with Gasteiger partial charge in [0.25, 0.3) is 0 Å². The van der Waals surface area contributed by atoms with Gasteiger partial charge in [0.1, 0.15) is 0 Å². The molecule has 1 fully saturated rings. The molecule has 5 heteroatoms. The molecule has 1 aliphatic rings. The molecule has 2 amide bonds. The van der Waals surface area contributed by atoms with Crippen molar-refractivity contribution in [2.75, 3.05) is 18.0 Å². The predicted octanol–water partition coefficient (Wildman–Crippen LogP) is 4.64. The lowest BCUT2D eigenvalue weighted by molar-refractivity contribution is -0.122. The fourth-order valence-corrected chi connectivity index (χ4v) is 4.05. The van der Waals surface area contributed by atoms with E-state index in [4.69, 9.17) is 11.6 Å². The van der Waals surface area contributed by atoms with E-state index in [1.54, 1.807) is 17.0 Å². The predicted molar refractivity (Wildman–Crippen MR) is 120 cm³/mol. The van der Waals surface area contributed by atoms with Crippen molar-refractivity contribution in [2.45, 2.75) is 12.3 Å². The lowest BCUT2D eigenvalue weighted by Gasteiger charge is -2.20. The Hall–Kier alpha value is -3.11. The first-order valence-electron chi connectivity index (χ1n) is 10.1. The molecule has 0 spiro atoms. The third-order valence-corrected chi connectivity index (χ3v) is 5.69. The van der Waals surface area contributed by atoms with Gasteiger partial charge in [0, 0.05) is 36.1 Å². The van der Waals surface area contributed by atoms with E-state index in [1.807, 2.05) is 72.8 Å². The molecule has 1 heterocycles. The van der Waals surface area contributed by atoms with E-state index >= 15 is 0 Å². The van der Waals surface area contributed by atoms with Crippen LogP contribution in [0.15, 0.2) is 84.9 Å². The quantitative estimate of drug-likeness (QED) is 0.633. The van der Waals surface area contributed by atoms with Gasteiger partial charge in [-0.1, -0.05) is 72.3 Å². The van der Waals surface area contributed by atoms with Crippen molar-refractivity contribution in [3.05, 3.63) is 101 Å². The van der Waals surface area contributed by atoms with Gasteiger partial charge in [0.15, 0.2) is 0 Å². The Morgan fingerprint density at radius 1 is 0.933 bits per heavy atom. The molecule has 3 aromatic rings. The normalized spacial score (nSPS) is 16.1. The molecule has 0 bridgehead atoms. The first kappa shape index (κ1) is 20.2. The van der Waals surface area contributed by atoms with Crippen LogP contribution in [0.2, 0.25) is 5.02 Å². The second-order valence-corrected chi connectivity index (χ2v) is 7.99. The van der Waals surface area contributed by atoms with Gasteiger partial charge in [-0.3, -0.25) is 9.59 Å². The number of nitrogens with zero attached hydrogens (tertiary/aromatic N) is 1. The second-order valence-electron chi connectivity index (χ2n) is 7.55. The van der Waals surface area contributed by atoms with E-state index in [1.165, 1.54) is 0 Å². The Morgan fingerprint density at radius 2 is 1.50 bits per heavy atom. The van der Waals surface area contributed by atoms with E-state index in [-0.39, 0.29) is 23.7 Å². The summed E-state index contributed by atoms with van der Waals surface area (Å²) in [6.45, 7) is 1.05. The van der Waals surface area contributed by atoms with Crippen molar-refractivity contribution in [1.29, 1.82) is 0 Å². The van der Waals surface area contributed by atoms with Crippen LogP contribution in [0.25, 0.3) is 0 Å². The molecule has 1 aliphatic heterocycles. The molecule has 1 atom stereocenters. The molecule has 30 heavy (non-hydrogen) atoms. The molecule has 4 nitrogen and oxygen atoms in total. The van der Waals surface area contributed by atoms with Gasteiger partial charge in [-0.2, -0.15) is 0 Å². The van der Waals surface area contributed by atoms with Crippen LogP contribution in [0.5, 0.6) is 0 Å². The molecular formula is C25H23ClN2O2. The standard InChI is InChI=1S/C25H23ClN2O2/c26-21-11-13-22(14-12-21)28-17-18(15-23(28)29)16-27-25(30)24(19-7-3-1-4-8-19)20-9-5-2-6-10-20/h1-14,18,24H,15-17H2,(H,27,30). The Morgan fingerprint density at radius 3 is 2.07 bits per heavy atom. The van der Waals surface area contributed by atoms with Gasteiger partial charge in [-0.25, -0.2) is 0 Å². The zero-order valence-electron chi connectivity index (χ0n) is 16.5. The number of hydrogen-bond acceptors (Lipinski definition) is 2. The summed E-state index contributed by atoms with van der Waals surface area (Å²) >= 11 is 5.95. The van der Waals surface area contributed by atoms with Crippen molar-refractivity contribution in [3.63, 3.8) is 0 Å². The van der Waals surface area contributed by atoms with Crippen LogP contribution in [0.3, 0.4) is 0 Å². The van der Waals surface area contributed by atoms with Gasteiger partial charge >= 0.3 is 0 Å². The molecule has 152 valence electrons. The first-order valence-corrected chi connectivity index (χ1v) is 10.4. The van der Waals surface area contributed by atoms with Crippen molar-refractivity contribution >= 4 is 29.1 Å². The molecule has 4 rings (SSSR count). The smallest absolute Gasteiger partial charge is 0.232 e. The average Bonchev–Trinajstić information content (AvgIpc) is 3.15. The summed E-state index contributed by atoms with van der Waals surface area (Å²) in [6.07, 6.45) is 0.421. The highest BCUT2D eigenvalue weighted by molar-refractivity contribution is 6.30. The topological polar surface area (TPSA) is 49.4 Å². The maximum absolute atomic E-state index is 13.1. The Kier molecular flexibility index (Phi) is 6.15. The molecular weight excluding hydrogens is 396 g/mol. The number of rotatable bonds is 6. The summed E-state index contributed by atoms with van der Waals surface area (Å²) in [5.41, 5.74) is 2.74. The summed E-state index contributed by atoms with van der Waals surface area (Å²) in [5.74, 6) is -0.287. The molecule has 1 saturated heterocycles. The molecule has 0 saturated carbocycles. The molecule has 3 aromatic carbocycles. The number of hydrogen-bond donors (Lipinski definition) is 1. The van der Waals surface area contributed by atoms with Gasteiger partial charge in [-0.15, -0.1) is 0 Å². The number of nitrogens with one attached hydrogen (secondary N) is 1. The van der Waals surface area contributed by atoms with E-state index < -0.39 is 0 Å². The summed E-state index contributed by atoms with van der Waals surface area (Å²) in [5, 5.41) is 3.73. The van der Waals surface area contributed by atoms with Crippen LogP contribution in [0, 0.1) is 5.92 Å². The Labute approximate surface area is 181 Å². The highest BCUT2D eigenvalue weighted by Crippen LogP contribution is 2.27. The Bertz CT molecular complexity index is 967. The fourth-order valence-electron chi connectivity index (χ4n) is 3.92. The van der Waals surface area contributed by atoms with Crippen LogP contribution >= 0.6 is 11.6 Å². The number of benzene rings is 3. The number of halogens is 1. The van der Waals surface area contributed by atoms with E-state index in [0.717, 1.165) is 16.8 Å². The van der Waals surface area contributed by atoms with E-state index in [0.29, 0.717) is 24.5 Å². The molecule has 0 radical (unpaired) electrons. The van der Waals surface area contributed by atoms with Crippen LogP contribution in [0.1, 0.15) is 23.5 Å². The molecule has 1 N–H and O–H groups in total. The average molecular weight is 419 g/mol. The van der Waals surface area contributed by atoms with Crippen LogP contribution < -0.4 is 10.2 Å². The summed E-state index contributed by atoms with van der Waals surface area (Å²) in [4.78, 5) is 27.4. The lowest BCUT2D eigenvalue weighted by Crippen LogP contribution is -2.35. The van der Waals surface area contributed by atoms with E-state index in [2.05, 4.69) is 5.32 Å². The van der Waals surface area contributed by atoms with Crippen molar-refractivity contribution in [2.24, 2.45) is 5.92 Å². The van der Waals surface area contributed by atoms with Gasteiger partial charge in [-0.05, 0) is 35.4 Å². The summed E-state index contributed by atoms with van der Waals surface area (Å²) < 4.78 is 0. The van der Waals surface area contributed by atoms with Crippen LogP contribution in [0.4, 0.5) is 5.69 Å². The van der Waals surface area contributed by atoms with Crippen molar-refractivity contribution < 1.29 is 9.59 Å². The van der Waals surface area contributed by atoms with Crippen molar-refractivity contribution in [1.82, 2.24) is 5.32 Å². The minimum atomic E-state index is -0.378. The number of anilines is 1. The number of carbonyl (C=O) groups is 2. The minimum Gasteiger partial charge on any atom is -0.355 e. The molecule has 0 aliphatic carbocycles. The SMILES string of the molecule is O=C(NCC1CC(=O)N(c2ccc(Cl)cc2)C1)C(c1ccccc1)c1ccccc1. The van der Waals surface area contributed by atoms with Crippen molar-refractivity contribution in [3.8, 4) is 0 Å². The number of amides is 2. The molecule has 1 unspecified atom stereocenters. The van der Waals surface area contributed by atoms with Gasteiger partial charge in [0.05, 0.1) is 5.92 Å². The van der Waals surface area contributed by atoms with Gasteiger partial charge in [0.2, 0.25) is 11.8 Å². The summed E-state index contributed by atoms with van der Waals surface area (Å²) in [7, 11) is 0. The zero-order valence-corrected chi connectivity index (χ0v) is 17.3. The Balaban J connectivity index is 1.44. The third-order valence-electron chi connectivity index (χ3n) is 5.44. The highest BCUT2D eigenvalue weighted by atomic mass is 35.5.